The summed E-state index contributed by atoms with van der Waals surface area (Å²) in [7, 11) is 0. The lowest BCUT2D eigenvalue weighted by Gasteiger charge is -2.39. The zero-order chi connectivity index (χ0) is 21.3. The summed E-state index contributed by atoms with van der Waals surface area (Å²) < 4.78 is 10.3. The lowest BCUT2D eigenvalue weighted by molar-refractivity contribution is -0.155. The molecule has 5 atom stereocenters. The number of carboxylic acids is 1. The number of nitrogens with one attached hydrogen (secondary N) is 2. The zero-order valence-electron chi connectivity index (χ0n) is 16.0. The van der Waals surface area contributed by atoms with Gasteiger partial charge in [0.2, 0.25) is 5.76 Å². The highest BCUT2D eigenvalue weighted by molar-refractivity contribution is 7.80. The molecule has 0 bridgehead atoms. The van der Waals surface area contributed by atoms with Gasteiger partial charge in [0.05, 0.1) is 11.0 Å². The summed E-state index contributed by atoms with van der Waals surface area (Å²) in [5, 5.41) is 40.4. The summed E-state index contributed by atoms with van der Waals surface area (Å²) in [6.45, 7) is 3.13. The zero-order valence-corrected chi connectivity index (χ0v) is 16.8. The van der Waals surface area contributed by atoms with Gasteiger partial charge >= 0.3 is 11.9 Å². The van der Waals surface area contributed by atoms with Crippen LogP contribution in [0.15, 0.2) is 11.8 Å². The van der Waals surface area contributed by atoms with Gasteiger partial charge in [0.1, 0.15) is 24.9 Å². The van der Waals surface area contributed by atoms with Crippen LogP contribution in [0.5, 0.6) is 0 Å². The van der Waals surface area contributed by atoms with Gasteiger partial charge in [0.25, 0.3) is 0 Å². The van der Waals surface area contributed by atoms with Crippen molar-refractivity contribution >= 4 is 35.4 Å². The monoisotopic (exact) mass is 416 g/mol. The van der Waals surface area contributed by atoms with E-state index in [0.717, 1.165) is 19.1 Å². The largest absolute Gasteiger partial charge is 0.478 e. The molecule has 0 saturated heterocycles. The van der Waals surface area contributed by atoms with E-state index in [1.54, 1.807) is 6.92 Å². The predicted octanol–water partition coefficient (Wildman–Crippen LogP) is 0.770. The number of carbonyl (C=O) groups excluding carboxylic acids is 1. The number of aliphatic hydroxyl groups is 2. The number of esters is 1. The first kappa shape index (κ1) is 24.0. The van der Waals surface area contributed by atoms with E-state index < -0.39 is 54.6 Å². The number of thiocarbonyl (C=S) groups is 1. The van der Waals surface area contributed by atoms with Gasteiger partial charge in [-0.3, -0.25) is 4.79 Å². The summed E-state index contributed by atoms with van der Waals surface area (Å²) in [5.41, 5.74) is 0. The molecule has 0 amide bonds. The Morgan fingerprint density at radius 2 is 2.11 bits per heavy atom. The van der Waals surface area contributed by atoms with Crippen LogP contribution in [0.25, 0.3) is 0 Å². The first-order valence-corrected chi connectivity index (χ1v) is 9.53. The van der Waals surface area contributed by atoms with Gasteiger partial charge in [-0.1, -0.05) is 32.0 Å². The van der Waals surface area contributed by atoms with Crippen LogP contribution in [-0.2, 0) is 19.1 Å². The van der Waals surface area contributed by atoms with Crippen molar-refractivity contribution in [2.45, 2.75) is 63.9 Å². The number of unbranched alkanes of at least 4 members (excludes halogenated alkanes) is 2. The molecule has 10 heteroatoms. The second-order valence-corrected chi connectivity index (χ2v) is 7.20. The fraction of sp³-hybridized carbons (Fsp3) is 0.667. The Hall–Kier alpha value is -2.04. The van der Waals surface area contributed by atoms with Crippen molar-refractivity contribution in [1.82, 2.24) is 5.32 Å². The highest BCUT2D eigenvalue weighted by atomic mass is 32.1. The second-order valence-electron chi connectivity index (χ2n) is 6.59. The topological polar surface area (TPSA) is 149 Å². The number of rotatable bonds is 11. The van der Waals surface area contributed by atoms with Crippen molar-refractivity contribution in [1.29, 1.82) is 5.41 Å². The van der Waals surface area contributed by atoms with Crippen molar-refractivity contribution in [2.75, 3.05) is 6.61 Å². The average molecular weight is 416 g/mol. The van der Waals surface area contributed by atoms with E-state index in [1.807, 2.05) is 6.92 Å². The SMILES string of the molecule is CCCCCC(=O)OCC(O)C(O)[C@@H]1OC(C(=O)O)=C[C@H](C=N)C1NC(C)=S. The molecule has 158 valence electrons. The normalized spacial score (nSPS) is 23.6. The number of hydrogen-bond donors (Lipinski definition) is 5. The number of carboxylic acid groups (broad SMARTS) is 1. The third-order valence-electron chi connectivity index (χ3n) is 4.28. The minimum absolute atomic E-state index is 0.215. The van der Waals surface area contributed by atoms with Crippen molar-refractivity contribution < 1.29 is 34.4 Å². The molecule has 1 aliphatic rings. The first-order valence-electron chi connectivity index (χ1n) is 9.12. The maximum atomic E-state index is 11.7. The van der Waals surface area contributed by atoms with Gasteiger partial charge in [-0.2, -0.15) is 0 Å². The highest BCUT2D eigenvalue weighted by Crippen LogP contribution is 2.26. The third kappa shape index (κ3) is 7.17. The van der Waals surface area contributed by atoms with Crippen LogP contribution in [0.3, 0.4) is 0 Å². The summed E-state index contributed by atoms with van der Waals surface area (Å²) in [6, 6.07) is -0.775. The van der Waals surface area contributed by atoms with Gasteiger partial charge in [-0.25, -0.2) is 4.79 Å². The molecule has 0 aromatic carbocycles. The highest BCUT2D eigenvalue weighted by Gasteiger charge is 2.42. The van der Waals surface area contributed by atoms with E-state index in [-0.39, 0.29) is 6.42 Å². The van der Waals surface area contributed by atoms with E-state index in [4.69, 9.17) is 27.1 Å². The average Bonchev–Trinajstić information content (AvgIpc) is 2.65. The fourth-order valence-corrected chi connectivity index (χ4v) is 2.95. The smallest absolute Gasteiger partial charge is 0.370 e. The molecule has 9 nitrogen and oxygen atoms in total. The third-order valence-corrected chi connectivity index (χ3v) is 4.40. The Bertz CT molecular complexity index is 611. The number of hydrogen-bond acceptors (Lipinski definition) is 8. The van der Waals surface area contributed by atoms with Crippen LogP contribution in [0.4, 0.5) is 0 Å². The van der Waals surface area contributed by atoms with E-state index in [2.05, 4.69) is 5.32 Å². The van der Waals surface area contributed by atoms with Crippen LogP contribution in [0.1, 0.15) is 39.5 Å². The van der Waals surface area contributed by atoms with Crippen molar-refractivity contribution in [3.05, 3.63) is 11.8 Å². The Kier molecular flexibility index (Phi) is 10.0. The Morgan fingerprint density at radius 3 is 2.64 bits per heavy atom. The second kappa shape index (κ2) is 11.7. The van der Waals surface area contributed by atoms with Crippen LogP contribution < -0.4 is 5.32 Å². The summed E-state index contributed by atoms with van der Waals surface area (Å²) in [6.07, 6.45) is 0.644. The van der Waals surface area contributed by atoms with Crippen LogP contribution in [0.2, 0.25) is 0 Å². The molecular weight excluding hydrogens is 388 g/mol. The molecule has 0 aliphatic carbocycles. The number of ether oxygens (including phenoxy) is 2. The molecule has 0 spiro atoms. The molecule has 5 N–H and O–H groups in total. The van der Waals surface area contributed by atoms with E-state index in [0.29, 0.717) is 11.4 Å². The number of aliphatic hydroxyl groups excluding tert-OH is 2. The molecular formula is C18H28N2O7S. The molecule has 28 heavy (non-hydrogen) atoms. The van der Waals surface area contributed by atoms with Crippen molar-refractivity contribution in [3.8, 4) is 0 Å². The minimum atomic E-state index is -1.58. The van der Waals surface area contributed by atoms with Crippen molar-refractivity contribution in [2.24, 2.45) is 5.92 Å². The summed E-state index contributed by atoms with van der Waals surface area (Å²) in [4.78, 5) is 23.3. The molecule has 0 aromatic rings. The summed E-state index contributed by atoms with van der Waals surface area (Å²) in [5.74, 6) is -3.03. The van der Waals surface area contributed by atoms with E-state index in [1.165, 1.54) is 6.08 Å². The van der Waals surface area contributed by atoms with Crippen LogP contribution >= 0.6 is 12.2 Å². The Balaban J connectivity index is 2.84. The Labute approximate surface area is 169 Å². The van der Waals surface area contributed by atoms with Gasteiger partial charge in [-0.15, -0.1) is 0 Å². The predicted molar refractivity (Wildman–Crippen MR) is 105 cm³/mol. The molecule has 3 unspecified atom stereocenters. The number of carbonyl (C=O) groups is 2. The molecule has 1 heterocycles. The molecule has 0 fully saturated rings. The maximum Gasteiger partial charge on any atom is 0.370 e. The molecule has 1 rings (SSSR count). The van der Waals surface area contributed by atoms with Crippen LogP contribution in [0, 0.1) is 11.3 Å². The molecule has 0 aromatic heterocycles. The number of aliphatic carboxylic acids is 1. The van der Waals surface area contributed by atoms with Crippen molar-refractivity contribution in [3.63, 3.8) is 0 Å². The quantitative estimate of drug-likeness (QED) is 0.142. The van der Waals surface area contributed by atoms with Gasteiger partial charge < -0.3 is 35.5 Å². The standard InChI is InChI=1S/C18H28N2O7S/c1-3-4-5-6-14(22)26-9-12(21)16(23)17-15(20-10(2)28)11(8-19)7-13(27-17)18(24)25/h7-8,11-12,15-17,19,21,23H,3-6,9H2,1-2H3,(H,20,28)(H,24,25)/t11-,12?,15?,16?,17-/m1/s1. The minimum Gasteiger partial charge on any atom is -0.478 e. The lowest BCUT2D eigenvalue weighted by Crippen LogP contribution is -2.58. The van der Waals surface area contributed by atoms with E-state index in [9.17, 15) is 24.9 Å². The molecule has 0 saturated carbocycles. The molecule has 1 aliphatic heterocycles. The van der Waals surface area contributed by atoms with E-state index >= 15 is 0 Å². The lowest BCUT2D eigenvalue weighted by atomic mass is 9.88. The molecule has 0 radical (unpaired) electrons. The fourth-order valence-electron chi connectivity index (χ4n) is 2.81. The first-order chi connectivity index (χ1) is 13.2. The maximum absolute atomic E-state index is 11.7. The summed E-state index contributed by atoms with van der Waals surface area (Å²) >= 11 is 5.01. The van der Waals surface area contributed by atoms with Gasteiger partial charge in [0, 0.05) is 18.6 Å². The van der Waals surface area contributed by atoms with Gasteiger partial charge in [0.15, 0.2) is 0 Å². The van der Waals surface area contributed by atoms with Crippen LogP contribution in [-0.4, -0.2) is 69.4 Å². The van der Waals surface area contributed by atoms with Gasteiger partial charge in [-0.05, 0) is 19.4 Å². The Morgan fingerprint density at radius 1 is 1.43 bits per heavy atom.